The molecule has 0 amide bonds. The molecule has 2 N–H and O–H groups in total. The maximum absolute atomic E-state index is 13.7. The Morgan fingerprint density at radius 1 is 1.12 bits per heavy atom. The number of benzene rings is 1. The van der Waals surface area contributed by atoms with Crippen LogP contribution in [-0.4, -0.2) is 36.0 Å². The zero-order valence-electron chi connectivity index (χ0n) is 20.1. The maximum Gasteiger partial charge on any atom is 0.337 e. The van der Waals surface area contributed by atoms with Crippen LogP contribution in [-0.2, 0) is 23.9 Å². The predicted octanol–water partition coefficient (Wildman–Crippen LogP) is 4.27. The molecule has 1 aromatic carbocycles. The highest BCUT2D eigenvalue weighted by Gasteiger charge is 2.47. The van der Waals surface area contributed by atoms with Gasteiger partial charge in [-0.3, -0.25) is 9.59 Å². The number of Topliss-reactive ketones (excluding diaryl/α,β-unsaturated/α-hetero) is 1. The highest BCUT2D eigenvalue weighted by atomic mass is 16.5. The molecule has 1 aliphatic heterocycles. The van der Waals surface area contributed by atoms with Crippen molar-refractivity contribution >= 4 is 17.7 Å². The summed E-state index contributed by atoms with van der Waals surface area (Å²) in [6.45, 7) is 3.66. The molecule has 1 aromatic rings. The first-order chi connectivity index (χ1) is 16.3. The Morgan fingerprint density at radius 2 is 1.82 bits per heavy atom. The number of ether oxygens (including phenoxy) is 2. The topological polar surface area (TPSA) is 102 Å². The highest BCUT2D eigenvalue weighted by Crippen LogP contribution is 2.46. The summed E-state index contributed by atoms with van der Waals surface area (Å²) in [6, 6.07) is 6.57. The van der Waals surface area contributed by atoms with E-state index in [2.05, 4.69) is 5.32 Å². The molecule has 0 radical (unpaired) electrons. The lowest BCUT2D eigenvalue weighted by atomic mass is 9.69. The molecule has 3 atom stereocenters. The van der Waals surface area contributed by atoms with E-state index in [1.165, 1.54) is 7.11 Å². The van der Waals surface area contributed by atoms with Gasteiger partial charge in [-0.25, -0.2) is 4.79 Å². The van der Waals surface area contributed by atoms with Crippen LogP contribution in [0.15, 0.2) is 46.8 Å². The van der Waals surface area contributed by atoms with Crippen molar-refractivity contribution in [2.24, 2.45) is 11.8 Å². The van der Waals surface area contributed by atoms with Crippen LogP contribution in [0.4, 0.5) is 0 Å². The number of rotatable bonds is 4. The third-order valence-electron chi connectivity index (χ3n) is 7.24. The molecule has 2 aliphatic carbocycles. The van der Waals surface area contributed by atoms with Gasteiger partial charge in [0.2, 0.25) is 0 Å². The zero-order chi connectivity index (χ0) is 24.4. The largest absolute Gasteiger partial charge is 0.508 e. The molecule has 182 valence electrons. The first-order valence-electron chi connectivity index (χ1n) is 12.1. The van der Waals surface area contributed by atoms with E-state index in [1.807, 2.05) is 13.8 Å². The van der Waals surface area contributed by atoms with Crippen molar-refractivity contribution in [1.29, 1.82) is 0 Å². The number of esters is 2. The van der Waals surface area contributed by atoms with Gasteiger partial charge in [-0.15, -0.1) is 0 Å². The predicted molar refractivity (Wildman–Crippen MR) is 126 cm³/mol. The van der Waals surface area contributed by atoms with Gasteiger partial charge in [0, 0.05) is 22.9 Å². The Hall–Kier alpha value is -3.09. The normalized spacial score (nSPS) is 25.9. The number of dihydropyridines is 1. The molecule has 4 rings (SSSR count). The number of methoxy groups -OCH3 is 1. The minimum atomic E-state index is -0.942. The lowest BCUT2D eigenvalue weighted by Gasteiger charge is -2.38. The van der Waals surface area contributed by atoms with E-state index in [1.54, 1.807) is 24.3 Å². The number of phenols is 1. The SMILES string of the molecule is COC(=O)[C@@H]1C(=O)C2=C(C[C@@H]1C)NC(C)=C(C(=O)OC1CCCCCC1)[C@H]2c1cccc(O)c1. The van der Waals surface area contributed by atoms with Crippen LogP contribution in [0.3, 0.4) is 0 Å². The third kappa shape index (κ3) is 4.61. The van der Waals surface area contributed by atoms with Gasteiger partial charge in [-0.1, -0.05) is 31.9 Å². The first kappa shape index (κ1) is 24.0. The van der Waals surface area contributed by atoms with Gasteiger partial charge in [0.05, 0.1) is 12.7 Å². The fraction of sp³-hybridized carbons (Fsp3) is 0.519. The van der Waals surface area contributed by atoms with Gasteiger partial charge in [-0.2, -0.15) is 0 Å². The van der Waals surface area contributed by atoms with Crippen molar-refractivity contribution in [3.8, 4) is 5.75 Å². The monoisotopic (exact) mass is 467 g/mol. The van der Waals surface area contributed by atoms with Gasteiger partial charge in [-0.05, 0) is 62.6 Å². The van der Waals surface area contributed by atoms with Crippen molar-refractivity contribution in [1.82, 2.24) is 5.32 Å². The number of hydrogen-bond acceptors (Lipinski definition) is 7. The van der Waals surface area contributed by atoms with Crippen LogP contribution < -0.4 is 5.32 Å². The lowest BCUT2D eigenvalue weighted by Crippen LogP contribution is -2.43. The average molecular weight is 468 g/mol. The fourth-order valence-corrected chi connectivity index (χ4v) is 5.56. The van der Waals surface area contributed by atoms with Gasteiger partial charge >= 0.3 is 11.9 Å². The molecule has 0 saturated heterocycles. The Balaban J connectivity index is 1.77. The maximum atomic E-state index is 13.7. The minimum absolute atomic E-state index is 0.0356. The minimum Gasteiger partial charge on any atom is -0.508 e. The second-order valence-corrected chi connectivity index (χ2v) is 9.65. The van der Waals surface area contributed by atoms with Crippen molar-refractivity contribution in [2.45, 2.75) is 70.8 Å². The summed E-state index contributed by atoms with van der Waals surface area (Å²) < 4.78 is 10.9. The molecule has 7 nitrogen and oxygen atoms in total. The molecular weight excluding hydrogens is 434 g/mol. The molecule has 0 aromatic heterocycles. The third-order valence-corrected chi connectivity index (χ3v) is 7.24. The molecule has 1 fully saturated rings. The average Bonchev–Trinajstić information content (AvgIpc) is 3.06. The van der Waals surface area contributed by atoms with E-state index >= 15 is 0 Å². The summed E-state index contributed by atoms with van der Waals surface area (Å²) in [5, 5.41) is 13.5. The van der Waals surface area contributed by atoms with Crippen LogP contribution in [0.1, 0.15) is 70.3 Å². The van der Waals surface area contributed by atoms with Gasteiger partial charge < -0.3 is 19.9 Å². The Labute approximate surface area is 200 Å². The summed E-state index contributed by atoms with van der Waals surface area (Å²) in [5.41, 5.74) is 2.65. The second kappa shape index (κ2) is 10.0. The number of allylic oxidation sites excluding steroid dienone is 3. The number of hydrogen-bond donors (Lipinski definition) is 2. The van der Waals surface area contributed by atoms with Crippen LogP contribution >= 0.6 is 0 Å². The van der Waals surface area contributed by atoms with Crippen molar-refractivity contribution in [3.05, 3.63) is 52.4 Å². The van der Waals surface area contributed by atoms with Crippen molar-refractivity contribution in [3.63, 3.8) is 0 Å². The van der Waals surface area contributed by atoms with E-state index in [-0.39, 0.29) is 23.6 Å². The van der Waals surface area contributed by atoms with Crippen molar-refractivity contribution in [2.75, 3.05) is 7.11 Å². The Morgan fingerprint density at radius 3 is 2.47 bits per heavy atom. The summed E-state index contributed by atoms with van der Waals surface area (Å²) in [4.78, 5) is 39.8. The number of nitrogens with one attached hydrogen (secondary N) is 1. The standard InChI is InChI=1S/C27H33NO6/c1-15-13-20-24(25(30)21(15)26(31)33-3)23(17-9-8-10-18(29)14-17)22(16(2)28-20)27(32)34-19-11-6-4-5-7-12-19/h8-10,14-15,19,21,23,28-29H,4-7,11-13H2,1-3H3/t15-,21-,23+/m0/s1. The van der Waals surface area contributed by atoms with Crippen LogP contribution in [0.5, 0.6) is 5.75 Å². The van der Waals surface area contributed by atoms with Gasteiger partial charge in [0.15, 0.2) is 5.78 Å². The smallest absolute Gasteiger partial charge is 0.337 e. The van der Waals surface area contributed by atoms with E-state index in [0.29, 0.717) is 34.5 Å². The van der Waals surface area contributed by atoms with E-state index < -0.39 is 23.8 Å². The fourth-order valence-electron chi connectivity index (χ4n) is 5.56. The highest BCUT2D eigenvalue weighted by molar-refractivity contribution is 6.12. The summed E-state index contributed by atoms with van der Waals surface area (Å²) >= 11 is 0. The number of phenolic OH excluding ortho intramolecular Hbond substituents is 1. The Kier molecular flexibility index (Phi) is 7.10. The van der Waals surface area contributed by atoms with E-state index in [0.717, 1.165) is 38.5 Å². The molecule has 0 bridgehead atoms. The van der Waals surface area contributed by atoms with Crippen LogP contribution in [0.2, 0.25) is 0 Å². The van der Waals surface area contributed by atoms with Crippen molar-refractivity contribution < 1.29 is 29.0 Å². The molecular formula is C27H33NO6. The quantitative estimate of drug-likeness (QED) is 0.387. The molecule has 1 heterocycles. The molecule has 0 spiro atoms. The number of carbonyl (C=O) groups is 3. The van der Waals surface area contributed by atoms with E-state index in [9.17, 15) is 19.5 Å². The number of carbonyl (C=O) groups excluding carboxylic acids is 3. The second-order valence-electron chi connectivity index (χ2n) is 9.65. The molecule has 34 heavy (non-hydrogen) atoms. The number of ketones is 1. The summed E-state index contributed by atoms with van der Waals surface area (Å²) in [6.07, 6.45) is 6.31. The molecule has 0 unspecified atom stereocenters. The van der Waals surface area contributed by atoms with Gasteiger partial charge in [0.1, 0.15) is 17.8 Å². The molecule has 1 saturated carbocycles. The van der Waals surface area contributed by atoms with Gasteiger partial charge in [0.25, 0.3) is 0 Å². The number of aromatic hydroxyl groups is 1. The van der Waals surface area contributed by atoms with Crippen LogP contribution in [0, 0.1) is 11.8 Å². The first-order valence-corrected chi connectivity index (χ1v) is 12.1. The lowest BCUT2D eigenvalue weighted by molar-refractivity contribution is -0.151. The Bertz CT molecular complexity index is 1050. The van der Waals surface area contributed by atoms with E-state index in [4.69, 9.17) is 9.47 Å². The zero-order valence-corrected chi connectivity index (χ0v) is 20.1. The molecule has 3 aliphatic rings. The van der Waals surface area contributed by atoms with Crippen LogP contribution in [0.25, 0.3) is 0 Å². The summed E-state index contributed by atoms with van der Waals surface area (Å²) in [7, 11) is 1.28. The summed E-state index contributed by atoms with van der Waals surface area (Å²) in [5.74, 6) is -3.28. The molecule has 7 heteroatoms.